The van der Waals surface area contributed by atoms with Gasteiger partial charge in [0.2, 0.25) is 0 Å². The number of nitrogens with one attached hydrogen (secondary N) is 1. The van der Waals surface area contributed by atoms with Gasteiger partial charge in [-0.1, -0.05) is 0 Å². The normalized spacial score (nSPS) is 9.81. The van der Waals surface area contributed by atoms with Crippen molar-refractivity contribution in [1.82, 2.24) is 0 Å². The molecule has 0 aromatic heterocycles. The van der Waals surface area contributed by atoms with Crippen LogP contribution in [0.1, 0.15) is 6.92 Å². The average Bonchev–Trinajstić information content (AvgIpc) is 2.25. The van der Waals surface area contributed by atoms with E-state index in [0.717, 1.165) is 12.1 Å². The first-order valence-electron chi connectivity index (χ1n) is 4.37. The second kappa shape index (κ2) is 5.03. The molecule has 8 heteroatoms. The molecule has 0 saturated heterocycles. The summed E-state index contributed by atoms with van der Waals surface area (Å²) in [5.41, 5.74) is 1.69. The summed E-state index contributed by atoms with van der Waals surface area (Å²) in [7, 11) is 0. The first-order chi connectivity index (χ1) is 7.56. The molecule has 16 heavy (non-hydrogen) atoms. The van der Waals surface area contributed by atoms with Crippen LogP contribution >= 0.6 is 0 Å². The quantitative estimate of drug-likeness (QED) is 0.607. The molecule has 0 bridgehead atoms. The minimum atomic E-state index is -0.714. The van der Waals surface area contributed by atoms with Crippen LogP contribution in [0, 0.1) is 20.2 Å². The van der Waals surface area contributed by atoms with E-state index in [1.165, 1.54) is 6.07 Å². The molecular weight excluding hydrogens is 218 g/mol. The fraction of sp³-hybridized carbons (Fsp3) is 0.250. The van der Waals surface area contributed by atoms with E-state index < -0.39 is 15.5 Å². The van der Waals surface area contributed by atoms with Crippen molar-refractivity contribution < 1.29 is 14.7 Å². The van der Waals surface area contributed by atoms with E-state index in [2.05, 4.69) is 5.48 Å². The van der Waals surface area contributed by atoms with Crippen LogP contribution in [-0.4, -0.2) is 16.5 Å². The summed E-state index contributed by atoms with van der Waals surface area (Å²) in [6, 6.07) is 3.27. The Labute approximate surface area is 90.1 Å². The zero-order valence-corrected chi connectivity index (χ0v) is 8.37. The number of hydrogen-bond acceptors (Lipinski definition) is 6. The number of anilines is 1. The van der Waals surface area contributed by atoms with Gasteiger partial charge in [-0.25, -0.2) is 0 Å². The summed E-state index contributed by atoms with van der Waals surface area (Å²) < 4.78 is 0. The molecule has 86 valence electrons. The molecule has 0 aliphatic heterocycles. The molecule has 0 radical (unpaired) electrons. The van der Waals surface area contributed by atoms with Crippen molar-refractivity contribution >= 4 is 17.1 Å². The second-order valence-corrected chi connectivity index (χ2v) is 2.75. The third kappa shape index (κ3) is 2.64. The molecule has 1 aromatic rings. The second-order valence-electron chi connectivity index (χ2n) is 2.75. The number of benzene rings is 1. The van der Waals surface area contributed by atoms with Gasteiger partial charge < -0.3 is 0 Å². The van der Waals surface area contributed by atoms with Gasteiger partial charge in [0.1, 0.15) is 5.69 Å². The molecule has 8 nitrogen and oxygen atoms in total. The predicted molar refractivity (Wildman–Crippen MR) is 55.0 cm³/mol. The van der Waals surface area contributed by atoms with Gasteiger partial charge >= 0.3 is 5.69 Å². The van der Waals surface area contributed by atoms with Crippen LogP contribution in [-0.2, 0) is 4.84 Å². The number of nitro groups is 2. The molecule has 0 fully saturated rings. The molecule has 1 aromatic carbocycles. The van der Waals surface area contributed by atoms with Crippen molar-refractivity contribution in [1.29, 1.82) is 0 Å². The van der Waals surface area contributed by atoms with Gasteiger partial charge in [0.25, 0.3) is 5.69 Å². The highest BCUT2D eigenvalue weighted by Gasteiger charge is 2.19. The lowest BCUT2D eigenvalue weighted by molar-refractivity contribution is -0.393. The standard InChI is InChI=1S/C8H9N3O5/c1-2-16-9-7-4-3-6(10(12)13)5-8(7)11(14)15/h3-5,9H,2H2,1H3. The molecule has 0 unspecified atom stereocenters. The van der Waals surface area contributed by atoms with Gasteiger partial charge in [-0.3, -0.25) is 30.5 Å². The molecule has 0 amide bonds. The Balaban J connectivity index is 3.09. The van der Waals surface area contributed by atoms with Crippen molar-refractivity contribution in [2.45, 2.75) is 6.92 Å². The maximum Gasteiger partial charge on any atom is 0.301 e. The van der Waals surface area contributed by atoms with Crippen LogP contribution in [0.5, 0.6) is 0 Å². The van der Waals surface area contributed by atoms with Crippen LogP contribution in [0.2, 0.25) is 0 Å². The van der Waals surface area contributed by atoms with Crippen LogP contribution in [0.4, 0.5) is 17.1 Å². The summed E-state index contributed by atoms with van der Waals surface area (Å²) in [6.45, 7) is 2.01. The SMILES string of the molecule is CCONc1ccc([N+](=O)[O-])cc1[N+](=O)[O-]. The summed E-state index contributed by atoms with van der Waals surface area (Å²) in [4.78, 5) is 24.5. The van der Waals surface area contributed by atoms with Gasteiger partial charge in [0.05, 0.1) is 22.5 Å². The van der Waals surface area contributed by atoms with Crippen molar-refractivity contribution in [3.63, 3.8) is 0 Å². The zero-order valence-electron chi connectivity index (χ0n) is 8.37. The molecule has 1 rings (SSSR count). The Morgan fingerprint density at radius 1 is 1.31 bits per heavy atom. The minimum absolute atomic E-state index is 0.0810. The smallest absolute Gasteiger partial charge is 0.276 e. The highest BCUT2D eigenvalue weighted by Crippen LogP contribution is 2.28. The van der Waals surface area contributed by atoms with Gasteiger partial charge in [-0.15, -0.1) is 0 Å². The van der Waals surface area contributed by atoms with Gasteiger partial charge in [0, 0.05) is 6.07 Å². The third-order valence-electron chi connectivity index (χ3n) is 1.72. The molecule has 0 saturated carbocycles. The number of nitro benzene ring substituents is 2. The molecule has 0 aliphatic rings. The monoisotopic (exact) mass is 227 g/mol. The van der Waals surface area contributed by atoms with E-state index in [1.807, 2.05) is 0 Å². The highest BCUT2D eigenvalue weighted by molar-refractivity contribution is 5.64. The van der Waals surface area contributed by atoms with E-state index >= 15 is 0 Å². The maximum atomic E-state index is 10.6. The Morgan fingerprint density at radius 3 is 2.50 bits per heavy atom. The van der Waals surface area contributed by atoms with Crippen LogP contribution in [0.3, 0.4) is 0 Å². The lowest BCUT2D eigenvalue weighted by Gasteiger charge is -2.04. The van der Waals surface area contributed by atoms with E-state index in [-0.39, 0.29) is 11.4 Å². The average molecular weight is 227 g/mol. The fourth-order valence-electron chi connectivity index (χ4n) is 1.02. The Bertz CT molecular complexity index is 420. The number of nitrogens with zero attached hydrogens (tertiary/aromatic N) is 2. The molecule has 0 spiro atoms. The molecule has 0 aliphatic carbocycles. The Hall–Kier alpha value is -2.22. The largest absolute Gasteiger partial charge is 0.301 e. The topological polar surface area (TPSA) is 108 Å². The van der Waals surface area contributed by atoms with Crippen molar-refractivity contribution in [3.8, 4) is 0 Å². The van der Waals surface area contributed by atoms with Crippen LogP contribution in [0.25, 0.3) is 0 Å². The number of non-ortho nitro benzene ring substituents is 1. The molecule has 0 atom stereocenters. The number of hydrogen-bond donors (Lipinski definition) is 1. The number of rotatable bonds is 5. The van der Waals surface area contributed by atoms with Crippen LogP contribution < -0.4 is 5.48 Å². The van der Waals surface area contributed by atoms with E-state index in [0.29, 0.717) is 6.61 Å². The minimum Gasteiger partial charge on any atom is -0.276 e. The zero-order chi connectivity index (χ0) is 12.1. The first kappa shape index (κ1) is 11.9. The summed E-state index contributed by atoms with van der Waals surface area (Å²) >= 11 is 0. The highest BCUT2D eigenvalue weighted by atomic mass is 16.6. The Kier molecular flexibility index (Phi) is 3.72. The van der Waals surface area contributed by atoms with Gasteiger partial charge in [0.15, 0.2) is 0 Å². The molecule has 0 heterocycles. The maximum absolute atomic E-state index is 10.6. The lowest BCUT2D eigenvalue weighted by atomic mass is 10.2. The summed E-state index contributed by atoms with van der Waals surface area (Å²) in [5.74, 6) is 0. The predicted octanol–water partition coefficient (Wildman–Crippen LogP) is 1.87. The Morgan fingerprint density at radius 2 is 2.00 bits per heavy atom. The first-order valence-corrected chi connectivity index (χ1v) is 4.37. The summed E-state index contributed by atoms with van der Waals surface area (Å²) in [6.07, 6.45) is 0. The van der Waals surface area contributed by atoms with E-state index in [4.69, 9.17) is 4.84 Å². The summed E-state index contributed by atoms with van der Waals surface area (Å²) in [5, 5.41) is 21.1. The van der Waals surface area contributed by atoms with Crippen molar-refractivity contribution in [2.24, 2.45) is 0 Å². The van der Waals surface area contributed by atoms with E-state index in [1.54, 1.807) is 6.92 Å². The third-order valence-corrected chi connectivity index (χ3v) is 1.72. The fourth-order valence-corrected chi connectivity index (χ4v) is 1.02. The lowest BCUT2D eigenvalue weighted by Crippen LogP contribution is -2.03. The van der Waals surface area contributed by atoms with Crippen molar-refractivity contribution in [2.75, 3.05) is 12.1 Å². The molecular formula is C8H9N3O5. The molecule has 1 N–H and O–H groups in total. The van der Waals surface area contributed by atoms with Crippen molar-refractivity contribution in [3.05, 3.63) is 38.4 Å². The van der Waals surface area contributed by atoms with Gasteiger partial charge in [-0.05, 0) is 13.0 Å². The van der Waals surface area contributed by atoms with E-state index in [9.17, 15) is 20.2 Å². The van der Waals surface area contributed by atoms with Gasteiger partial charge in [-0.2, -0.15) is 0 Å². The van der Waals surface area contributed by atoms with Crippen LogP contribution in [0.15, 0.2) is 18.2 Å².